The third-order valence-electron chi connectivity index (χ3n) is 12.8. The van der Waals surface area contributed by atoms with Crippen LogP contribution in [-0.2, 0) is 49.4 Å². The highest BCUT2D eigenvalue weighted by Gasteiger charge is 2.58. The number of pyridine rings is 1. The van der Waals surface area contributed by atoms with E-state index in [4.69, 9.17) is 13.6 Å². The van der Waals surface area contributed by atoms with Gasteiger partial charge in [-0.2, -0.15) is 13.9 Å². The average molecular weight is 1000 g/mol. The second kappa shape index (κ2) is 21.6. The summed E-state index contributed by atoms with van der Waals surface area (Å²) in [6, 6.07) is 40.9. The second-order valence-electron chi connectivity index (χ2n) is 17.4. The Hall–Kier alpha value is -7.28. The van der Waals surface area contributed by atoms with Crippen LogP contribution in [0.25, 0.3) is 16.8 Å². The van der Waals surface area contributed by atoms with E-state index in [9.17, 15) is 18.9 Å². The first-order valence-electron chi connectivity index (χ1n) is 23.4. The first-order chi connectivity index (χ1) is 34.8. The Bertz CT molecular complexity index is 3080. The van der Waals surface area contributed by atoms with E-state index in [1.807, 2.05) is 116 Å². The van der Waals surface area contributed by atoms with Crippen LogP contribution in [-0.4, -0.2) is 76.9 Å². The van der Waals surface area contributed by atoms with Gasteiger partial charge in [0.25, 0.3) is 0 Å². The zero-order valence-electron chi connectivity index (χ0n) is 39.4. The van der Waals surface area contributed by atoms with Gasteiger partial charge in [0, 0.05) is 54.9 Å². The molecular formula is C52H52F3N10O6P. The van der Waals surface area contributed by atoms with Crippen LogP contribution in [0, 0.1) is 5.82 Å². The maximum absolute atomic E-state index is 16.3. The van der Waals surface area contributed by atoms with Crippen molar-refractivity contribution in [2.24, 2.45) is 0 Å². The van der Waals surface area contributed by atoms with Crippen molar-refractivity contribution in [3.63, 3.8) is 0 Å². The number of rotatable bonds is 20. The average Bonchev–Trinajstić information content (AvgIpc) is 4.07. The van der Waals surface area contributed by atoms with Crippen molar-refractivity contribution in [1.82, 2.24) is 39.5 Å². The molecule has 1 aliphatic heterocycles. The fraction of sp³-hybridized carbons (Fsp3) is 0.269. The third kappa shape index (κ3) is 10.8. The van der Waals surface area contributed by atoms with Crippen molar-refractivity contribution in [2.75, 3.05) is 36.0 Å². The monoisotopic (exact) mass is 1000 g/mol. The molecule has 3 atom stereocenters. The van der Waals surface area contributed by atoms with Crippen LogP contribution >= 0.6 is 7.82 Å². The van der Waals surface area contributed by atoms with Gasteiger partial charge in [0.2, 0.25) is 0 Å². The molecule has 0 amide bonds. The molecule has 5 aromatic carbocycles. The number of aliphatic hydroxyl groups is 1. The van der Waals surface area contributed by atoms with E-state index in [1.165, 1.54) is 40.0 Å². The molecule has 0 saturated carbocycles. The van der Waals surface area contributed by atoms with Crippen LogP contribution in [0.15, 0.2) is 169 Å². The Labute approximate surface area is 413 Å². The maximum atomic E-state index is 16.3. The molecule has 1 fully saturated rings. The molecular weight excluding hydrogens is 949 g/mol. The Morgan fingerprint density at radius 1 is 0.722 bits per heavy atom. The van der Waals surface area contributed by atoms with Crippen molar-refractivity contribution < 1.29 is 36.4 Å². The highest BCUT2D eigenvalue weighted by Crippen LogP contribution is 2.53. The normalized spacial score (nSPS) is 15.0. The van der Waals surface area contributed by atoms with Gasteiger partial charge in [-0.15, -0.1) is 5.10 Å². The van der Waals surface area contributed by atoms with Gasteiger partial charge < -0.3 is 14.9 Å². The summed E-state index contributed by atoms with van der Waals surface area (Å²) in [5.74, 6) is -5.06. The number of tetrazole rings is 1. The van der Waals surface area contributed by atoms with Crippen molar-refractivity contribution in [3.05, 3.63) is 203 Å². The minimum Gasteiger partial charge on any atom is -0.377 e. The molecule has 8 aromatic rings. The summed E-state index contributed by atoms with van der Waals surface area (Å²) >= 11 is 0. The van der Waals surface area contributed by atoms with Crippen LogP contribution in [0.3, 0.4) is 0 Å². The lowest BCUT2D eigenvalue weighted by atomic mass is 9.84. The maximum Gasteiger partial charge on any atom is 0.475 e. The Balaban J connectivity index is 0.812. The molecule has 3 aromatic heterocycles. The van der Waals surface area contributed by atoms with E-state index in [2.05, 4.69) is 35.4 Å². The number of aromatic nitrogens is 8. The molecule has 72 heavy (non-hydrogen) atoms. The third-order valence-corrected chi connectivity index (χ3v) is 14.3. The van der Waals surface area contributed by atoms with Crippen molar-refractivity contribution in [3.8, 4) is 16.8 Å². The molecule has 1 N–H and O–H groups in total. The number of piperazine rings is 1. The highest BCUT2D eigenvalue weighted by atomic mass is 31.2. The molecule has 1 aliphatic rings. The van der Waals surface area contributed by atoms with E-state index >= 15 is 8.78 Å². The smallest absolute Gasteiger partial charge is 0.377 e. The molecule has 0 aliphatic carbocycles. The van der Waals surface area contributed by atoms with Crippen LogP contribution in [0.4, 0.5) is 24.5 Å². The minimum absolute atomic E-state index is 0.00146. The zero-order chi connectivity index (χ0) is 50.3. The summed E-state index contributed by atoms with van der Waals surface area (Å²) in [7, 11) is -4.14. The summed E-state index contributed by atoms with van der Waals surface area (Å²) in [4.78, 5) is 22.5. The number of anilines is 2. The Morgan fingerprint density at radius 3 is 1.82 bits per heavy atom. The molecule has 9 rings (SSSR count). The standard InChI is InChI=1S/C52H52F3N10O6P/c1-3-48(38(2)71-72(68,69-33-39-12-6-4-7-13-39)70-34-40-14-8-5-9-15-40)65-50(66)64(37-58-65)45-25-23-44(24-26-45)62-30-28-61(29-31-62)43-21-18-41(19-22-43)42-20-27-49(56-32-42)52(54,55)51(67,35-63-36-57-59-60-63)46-16-10-11-17-47(46)53/h4-27,32,36-38,48,67H,3,28-31,33-35H2,1-2H3/t38-,48-,51+/m0/s1. The molecule has 0 unspecified atom stereocenters. The topological polar surface area (TPSA) is 168 Å². The van der Waals surface area contributed by atoms with Gasteiger partial charge in [0.15, 0.2) is 5.60 Å². The van der Waals surface area contributed by atoms with E-state index in [0.29, 0.717) is 17.7 Å². The van der Waals surface area contributed by atoms with E-state index in [0.717, 1.165) is 83.5 Å². The zero-order valence-corrected chi connectivity index (χ0v) is 40.3. The summed E-state index contributed by atoms with van der Waals surface area (Å²) in [6.07, 6.45) is 3.49. The van der Waals surface area contributed by atoms with Gasteiger partial charge in [0.1, 0.15) is 24.2 Å². The lowest BCUT2D eigenvalue weighted by molar-refractivity contribution is -0.207. The molecule has 372 valence electrons. The van der Waals surface area contributed by atoms with Crippen molar-refractivity contribution in [2.45, 2.75) is 63.7 Å². The number of phosphoric acid groups is 1. The molecule has 20 heteroatoms. The number of halogens is 3. The minimum atomic E-state index is -4.14. The predicted octanol–water partition coefficient (Wildman–Crippen LogP) is 9.13. The van der Waals surface area contributed by atoms with Gasteiger partial charge in [-0.1, -0.05) is 104 Å². The van der Waals surface area contributed by atoms with Gasteiger partial charge in [-0.05, 0) is 89.0 Å². The van der Waals surface area contributed by atoms with Gasteiger partial charge in [-0.3, -0.25) is 18.6 Å². The number of phosphoric ester groups is 1. The number of hydrogen-bond donors (Lipinski definition) is 1. The van der Waals surface area contributed by atoms with Crippen LogP contribution in [0.1, 0.15) is 48.7 Å². The molecule has 0 spiro atoms. The predicted molar refractivity (Wildman–Crippen MR) is 264 cm³/mol. The lowest BCUT2D eigenvalue weighted by Crippen LogP contribution is -2.48. The molecule has 4 heterocycles. The highest BCUT2D eigenvalue weighted by molar-refractivity contribution is 7.48. The first kappa shape index (κ1) is 49.7. The fourth-order valence-corrected chi connectivity index (χ4v) is 10.1. The molecule has 1 saturated heterocycles. The van der Waals surface area contributed by atoms with E-state index in [-0.39, 0.29) is 18.9 Å². The van der Waals surface area contributed by atoms with Gasteiger partial charge in [0.05, 0.1) is 37.6 Å². The number of hydrogen-bond acceptors (Lipinski definition) is 13. The van der Waals surface area contributed by atoms with Gasteiger partial charge >= 0.3 is 19.4 Å². The summed E-state index contributed by atoms with van der Waals surface area (Å²) in [6.45, 7) is 5.72. The van der Waals surface area contributed by atoms with Crippen LogP contribution in [0.5, 0.6) is 0 Å². The van der Waals surface area contributed by atoms with Gasteiger partial charge in [-0.25, -0.2) is 27.7 Å². The number of alkyl halides is 2. The van der Waals surface area contributed by atoms with Crippen molar-refractivity contribution >= 4 is 19.2 Å². The largest absolute Gasteiger partial charge is 0.475 e. The van der Waals surface area contributed by atoms with Crippen molar-refractivity contribution in [1.29, 1.82) is 0 Å². The number of benzene rings is 5. The summed E-state index contributed by atoms with van der Waals surface area (Å²) in [5, 5.41) is 26.5. The van der Waals surface area contributed by atoms with E-state index < -0.39 is 55.1 Å². The lowest BCUT2D eigenvalue weighted by Gasteiger charge is -2.37. The van der Waals surface area contributed by atoms with Crippen LogP contribution < -0.4 is 15.5 Å². The SMILES string of the molecule is CC[C@@H]([C@H](C)OP(=O)(OCc1ccccc1)OCc1ccccc1)n1ncn(-c2ccc(N3CCN(c4ccc(-c5ccc(C(F)(F)[C@@](O)(Cn6cnnn6)c6ccccc6F)nc5)cc4)CC3)cc2)c1=O. The Kier molecular flexibility index (Phi) is 14.9. The van der Waals surface area contributed by atoms with E-state index in [1.54, 1.807) is 6.92 Å². The first-order valence-corrected chi connectivity index (χ1v) is 24.8. The summed E-state index contributed by atoms with van der Waals surface area (Å²) < 4.78 is 83.2. The Morgan fingerprint density at radius 2 is 1.28 bits per heavy atom. The number of nitrogens with zero attached hydrogens (tertiary/aromatic N) is 10. The molecule has 16 nitrogen and oxygen atoms in total. The molecule has 0 radical (unpaired) electrons. The molecule has 0 bridgehead atoms. The van der Waals surface area contributed by atoms with Crippen LogP contribution in [0.2, 0.25) is 0 Å². The summed E-state index contributed by atoms with van der Waals surface area (Å²) in [5.41, 5.74) is 0.702. The quantitative estimate of drug-likeness (QED) is 0.0719. The fourth-order valence-electron chi connectivity index (χ4n) is 8.76. The second-order valence-corrected chi connectivity index (χ2v) is 19.0.